The van der Waals surface area contributed by atoms with Crippen LogP contribution in [-0.2, 0) is 0 Å². The zero-order chi connectivity index (χ0) is 24.0. The first-order chi connectivity index (χ1) is 17.2. The minimum Gasteiger partial charge on any atom is -0.495 e. The summed E-state index contributed by atoms with van der Waals surface area (Å²) in [5, 5.41) is 0. The number of para-hydroxylation sites is 4. The average Bonchev–Trinajstić information content (AvgIpc) is 3.25. The van der Waals surface area contributed by atoms with Crippen LogP contribution >= 0.6 is 23.8 Å². The third-order valence-electron chi connectivity index (χ3n) is 5.27. The van der Waals surface area contributed by atoms with Gasteiger partial charge in [-0.3, -0.25) is 4.57 Å². The van der Waals surface area contributed by atoms with Crippen molar-refractivity contribution in [3.8, 4) is 17.1 Å². The molecule has 5 rings (SSSR count). The fourth-order valence-corrected chi connectivity index (χ4v) is 5.01. The van der Waals surface area contributed by atoms with E-state index in [0.29, 0.717) is 21.2 Å². The Morgan fingerprint density at radius 1 is 0.771 bits per heavy atom. The van der Waals surface area contributed by atoms with Crippen molar-refractivity contribution in [1.82, 2.24) is 8.52 Å². The van der Waals surface area contributed by atoms with Crippen molar-refractivity contribution in [2.75, 3.05) is 7.11 Å². The Bertz CT molecular complexity index is 1590. The molecule has 5 nitrogen and oxygen atoms in total. The zero-order valence-electron chi connectivity index (χ0n) is 19.0. The molecular formula is C28H22N4OS2. The number of rotatable bonds is 5. The van der Waals surface area contributed by atoms with E-state index < -0.39 is 0 Å². The second-order valence-corrected chi connectivity index (χ2v) is 8.82. The van der Waals surface area contributed by atoms with Crippen LogP contribution in [0.4, 0.5) is 5.69 Å². The van der Waals surface area contributed by atoms with Crippen molar-refractivity contribution in [2.24, 2.45) is 9.98 Å². The number of hydrogen-bond acceptors (Lipinski definition) is 4. The summed E-state index contributed by atoms with van der Waals surface area (Å²) in [5.41, 5.74) is 3.52. The molecule has 0 spiro atoms. The Hall–Kier alpha value is -4.07. The summed E-state index contributed by atoms with van der Waals surface area (Å²) in [5.74, 6) is 1.30. The highest BCUT2D eigenvalue weighted by Gasteiger charge is 2.14. The lowest BCUT2D eigenvalue weighted by Gasteiger charge is -2.09. The molecule has 0 amide bonds. The topological polar surface area (TPSA) is 43.8 Å². The van der Waals surface area contributed by atoms with Gasteiger partial charge in [-0.05, 0) is 60.1 Å². The average molecular weight is 495 g/mol. The number of hydrogen-bond donors (Lipinski definition) is 0. The molecule has 0 bridgehead atoms. The molecule has 0 aliphatic heterocycles. The normalized spacial score (nSPS) is 12.0. The molecule has 5 aromatic rings. The molecule has 0 atom stereocenters. The van der Waals surface area contributed by atoms with Gasteiger partial charge in [0.2, 0.25) is 9.57 Å². The van der Waals surface area contributed by atoms with Crippen LogP contribution in [0.15, 0.2) is 125 Å². The number of aliphatic imine (C=N–C) groups is 1. The zero-order valence-corrected chi connectivity index (χ0v) is 20.6. The van der Waals surface area contributed by atoms with Crippen LogP contribution in [0.2, 0.25) is 0 Å². The second kappa shape index (κ2) is 10.5. The van der Waals surface area contributed by atoms with Gasteiger partial charge in [0.1, 0.15) is 5.75 Å². The van der Waals surface area contributed by atoms with Gasteiger partial charge in [-0.2, -0.15) is 4.99 Å². The number of aromatic nitrogens is 2. The van der Waals surface area contributed by atoms with Crippen LogP contribution in [0.25, 0.3) is 11.4 Å². The van der Waals surface area contributed by atoms with E-state index >= 15 is 0 Å². The van der Waals surface area contributed by atoms with Crippen LogP contribution < -0.4 is 9.54 Å². The molecule has 0 saturated heterocycles. The maximum Gasteiger partial charge on any atom is 0.215 e. The first-order valence-corrected chi connectivity index (χ1v) is 12.2. The Balaban J connectivity index is 1.81. The lowest BCUT2D eigenvalue weighted by Crippen LogP contribution is -2.16. The quantitative estimate of drug-likeness (QED) is 0.154. The summed E-state index contributed by atoms with van der Waals surface area (Å²) in [7, 11) is 1.66. The van der Waals surface area contributed by atoms with Crippen molar-refractivity contribution in [1.29, 1.82) is 0 Å². The number of benzene rings is 4. The van der Waals surface area contributed by atoms with E-state index in [1.807, 2.05) is 124 Å². The van der Waals surface area contributed by atoms with Gasteiger partial charge >= 0.3 is 0 Å². The summed E-state index contributed by atoms with van der Waals surface area (Å²) in [4.78, 5) is 10.6. The molecule has 0 N–H and O–H groups in total. The summed E-state index contributed by atoms with van der Waals surface area (Å²) in [6, 6.07) is 37.6. The second-order valence-electron chi connectivity index (χ2n) is 7.54. The fraction of sp³-hybridized carbons (Fsp3) is 0.0357. The third-order valence-corrected chi connectivity index (χ3v) is 6.75. The van der Waals surface area contributed by atoms with Crippen LogP contribution in [0.1, 0.15) is 5.56 Å². The smallest absolute Gasteiger partial charge is 0.215 e. The van der Waals surface area contributed by atoms with Crippen molar-refractivity contribution in [2.45, 2.75) is 0 Å². The molecule has 1 heterocycles. The maximum atomic E-state index is 5.96. The fourth-order valence-electron chi connectivity index (χ4n) is 3.61. The van der Waals surface area contributed by atoms with Crippen molar-refractivity contribution >= 4 is 35.3 Å². The van der Waals surface area contributed by atoms with Crippen LogP contribution in [0.5, 0.6) is 5.75 Å². The van der Waals surface area contributed by atoms with E-state index in [4.69, 9.17) is 26.9 Å². The first-order valence-electron chi connectivity index (χ1n) is 11.0. The Kier molecular flexibility index (Phi) is 6.79. The molecule has 4 aromatic carbocycles. The predicted octanol–water partition coefficient (Wildman–Crippen LogP) is 6.75. The van der Waals surface area contributed by atoms with E-state index in [-0.39, 0.29) is 0 Å². The number of amidine groups is 1. The number of ether oxygens (including phenoxy) is 1. The van der Waals surface area contributed by atoms with Gasteiger partial charge in [-0.1, -0.05) is 78.9 Å². The molecule has 172 valence electrons. The van der Waals surface area contributed by atoms with Gasteiger partial charge in [0.05, 0.1) is 24.2 Å². The summed E-state index contributed by atoms with van der Waals surface area (Å²) in [6.45, 7) is 0. The number of methoxy groups -OCH3 is 1. The molecule has 0 fully saturated rings. The predicted molar refractivity (Wildman–Crippen MR) is 145 cm³/mol. The van der Waals surface area contributed by atoms with Gasteiger partial charge in [0.25, 0.3) is 0 Å². The van der Waals surface area contributed by atoms with Gasteiger partial charge in [0.15, 0.2) is 5.84 Å². The van der Waals surface area contributed by atoms with Gasteiger partial charge in [-0.15, -0.1) is 0 Å². The Morgan fingerprint density at radius 2 is 1.37 bits per heavy atom. The minimum atomic E-state index is 0.594. The van der Waals surface area contributed by atoms with Crippen LogP contribution in [0, 0.1) is 4.77 Å². The van der Waals surface area contributed by atoms with Gasteiger partial charge in [0, 0.05) is 5.56 Å². The third kappa shape index (κ3) is 4.91. The van der Waals surface area contributed by atoms with E-state index in [1.165, 1.54) is 11.5 Å². The van der Waals surface area contributed by atoms with Crippen LogP contribution in [-0.4, -0.2) is 21.5 Å². The van der Waals surface area contributed by atoms with E-state index in [2.05, 4.69) is 0 Å². The van der Waals surface area contributed by atoms with E-state index in [9.17, 15) is 0 Å². The summed E-state index contributed by atoms with van der Waals surface area (Å²) < 4.78 is 10.2. The van der Waals surface area contributed by atoms with Crippen molar-refractivity contribution in [3.05, 3.63) is 130 Å². The summed E-state index contributed by atoms with van der Waals surface area (Å²) in [6.07, 6.45) is 0. The van der Waals surface area contributed by atoms with Gasteiger partial charge in [-0.25, -0.2) is 8.95 Å². The largest absolute Gasteiger partial charge is 0.495 e. The molecule has 0 radical (unpaired) electrons. The lowest BCUT2D eigenvalue weighted by atomic mass is 10.2. The lowest BCUT2D eigenvalue weighted by molar-refractivity contribution is 0.412. The summed E-state index contributed by atoms with van der Waals surface area (Å²) >= 11 is 7.42. The molecular weight excluding hydrogens is 472 g/mol. The molecule has 7 heteroatoms. The minimum absolute atomic E-state index is 0.594. The molecule has 0 aliphatic carbocycles. The molecule has 0 aliphatic rings. The Morgan fingerprint density at radius 3 is 2.06 bits per heavy atom. The highest BCUT2D eigenvalue weighted by molar-refractivity contribution is 7.71. The molecule has 35 heavy (non-hydrogen) atoms. The molecule has 1 aromatic heterocycles. The molecule has 0 saturated carbocycles. The van der Waals surface area contributed by atoms with Crippen molar-refractivity contribution < 1.29 is 4.74 Å². The number of nitrogens with zero attached hydrogens (tertiary/aromatic N) is 4. The monoisotopic (exact) mass is 494 g/mol. The van der Waals surface area contributed by atoms with Crippen molar-refractivity contribution in [3.63, 3.8) is 0 Å². The van der Waals surface area contributed by atoms with Gasteiger partial charge < -0.3 is 4.74 Å². The first kappa shape index (κ1) is 22.7. The highest BCUT2D eigenvalue weighted by atomic mass is 32.1. The van der Waals surface area contributed by atoms with E-state index in [1.54, 1.807) is 7.11 Å². The Labute approximate surface area is 212 Å². The molecule has 0 unspecified atom stereocenters. The highest BCUT2D eigenvalue weighted by Crippen LogP contribution is 2.23. The standard InChI is InChI=1S/C28H22N4OS2/c1-33-25-20-12-11-19-24(25)31-27(35-32(28(31)34)23-17-9-4-10-18-23)30-26(21-13-5-2-6-14-21)29-22-15-7-3-8-16-22/h2-20H,1H3. The van der Waals surface area contributed by atoms with E-state index in [0.717, 1.165) is 22.6 Å². The maximum absolute atomic E-state index is 5.96. The SMILES string of the molecule is COc1ccccc1-n1c(=NC(=Nc2ccccc2)c2ccccc2)sn(-c2ccccc2)c1=S. The van der Waals surface area contributed by atoms with Crippen LogP contribution in [0.3, 0.4) is 0 Å².